The van der Waals surface area contributed by atoms with E-state index >= 15 is 0 Å². The first kappa shape index (κ1) is 27.6. The smallest absolute Gasteiger partial charge is 0.258 e. The van der Waals surface area contributed by atoms with Gasteiger partial charge in [0.25, 0.3) is 5.91 Å². The van der Waals surface area contributed by atoms with Crippen LogP contribution in [0.15, 0.2) is 58.5 Å². The van der Waals surface area contributed by atoms with Crippen LogP contribution in [-0.2, 0) is 4.74 Å². The normalized spacial score (nSPS) is 16.7. The van der Waals surface area contributed by atoms with Crippen LogP contribution in [0.5, 0.6) is 0 Å². The first-order chi connectivity index (χ1) is 19.9. The van der Waals surface area contributed by atoms with Crippen molar-refractivity contribution < 1.29 is 9.53 Å². The highest BCUT2D eigenvalue weighted by atomic mass is 32.2. The molecule has 2 fully saturated rings. The number of aryl methyl sites for hydroxylation is 2. The maximum absolute atomic E-state index is 13.7. The number of ether oxygens (including phenoxy) is 1. The van der Waals surface area contributed by atoms with E-state index in [1.165, 1.54) is 11.1 Å². The number of nitrogens with one attached hydrogen (secondary N) is 3. The molecular formula is C31H37N7O2S. The van der Waals surface area contributed by atoms with E-state index in [4.69, 9.17) is 4.74 Å². The lowest BCUT2D eigenvalue weighted by atomic mass is 10.1. The van der Waals surface area contributed by atoms with Crippen LogP contribution in [0.1, 0.15) is 34.3 Å². The number of hydrogen-bond acceptors (Lipinski definition) is 8. The standard InChI is InChI=1S/C31H37N7O2S/c1-20-14-21(2)16-24(15-20)41-25-18-27-29(32-19-25)35-36-30(27)34-31(39)26-5-4-23(38-10-8-37(3)9-11-38)17-28(26)33-22-6-12-40-13-7-22/h4-5,14-19,22,33H,6-13H2,1-3H3,(H2,32,34,35,36,39). The van der Waals surface area contributed by atoms with Gasteiger partial charge < -0.3 is 25.2 Å². The van der Waals surface area contributed by atoms with E-state index in [0.29, 0.717) is 17.0 Å². The molecule has 2 saturated heterocycles. The minimum absolute atomic E-state index is 0.192. The van der Waals surface area contributed by atoms with Crippen LogP contribution in [0.3, 0.4) is 0 Å². The highest BCUT2D eigenvalue weighted by Gasteiger charge is 2.22. The zero-order chi connectivity index (χ0) is 28.3. The third kappa shape index (κ3) is 6.50. The summed E-state index contributed by atoms with van der Waals surface area (Å²) < 4.78 is 5.56. The Morgan fingerprint density at radius 2 is 1.76 bits per heavy atom. The van der Waals surface area contributed by atoms with E-state index in [1.54, 1.807) is 11.8 Å². The van der Waals surface area contributed by atoms with E-state index in [9.17, 15) is 4.79 Å². The van der Waals surface area contributed by atoms with Crippen LogP contribution in [0, 0.1) is 13.8 Å². The molecule has 1 amide bonds. The Morgan fingerprint density at radius 3 is 2.51 bits per heavy atom. The molecule has 0 atom stereocenters. The van der Waals surface area contributed by atoms with Gasteiger partial charge in [-0.3, -0.25) is 9.89 Å². The SMILES string of the molecule is Cc1cc(C)cc(Sc2cnc3n[nH]c(NC(=O)c4ccc(N5CCN(C)CC5)cc4NC4CCOCC4)c3c2)c1. The van der Waals surface area contributed by atoms with E-state index < -0.39 is 0 Å². The predicted octanol–water partition coefficient (Wildman–Crippen LogP) is 5.32. The van der Waals surface area contributed by atoms with E-state index in [-0.39, 0.29) is 11.9 Å². The summed E-state index contributed by atoms with van der Waals surface area (Å²) in [6.07, 6.45) is 3.65. The maximum atomic E-state index is 13.7. The average molecular weight is 572 g/mol. The van der Waals surface area contributed by atoms with Crippen molar-refractivity contribution >= 4 is 45.9 Å². The van der Waals surface area contributed by atoms with Gasteiger partial charge in [-0.25, -0.2) is 4.98 Å². The fraction of sp³-hybridized carbons (Fsp3) is 0.387. The molecule has 0 aliphatic carbocycles. The van der Waals surface area contributed by atoms with Crippen molar-refractivity contribution in [2.45, 2.75) is 42.5 Å². The van der Waals surface area contributed by atoms with Crippen LogP contribution in [0.2, 0.25) is 0 Å². The van der Waals surface area contributed by atoms with Gasteiger partial charge in [-0.2, -0.15) is 5.10 Å². The van der Waals surface area contributed by atoms with Crippen molar-refractivity contribution in [1.82, 2.24) is 20.1 Å². The molecule has 0 bridgehead atoms. The molecule has 4 heterocycles. The summed E-state index contributed by atoms with van der Waals surface area (Å²) in [7, 11) is 2.16. The largest absolute Gasteiger partial charge is 0.381 e. The summed E-state index contributed by atoms with van der Waals surface area (Å²) in [6, 6.07) is 14.9. The summed E-state index contributed by atoms with van der Waals surface area (Å²) in [5.41, 5.74) is 5.59. The Morgan fingerprint density at radius 1 is 1.00 bits per heavy atom. The number of likely N-dealkylation sites (N-methyl/N-ethyl adjacent to an activating group) is 1. The molecule has 6 rings (SSSR count). The molecule has 10 heteroatoms. The second-order valence-electron chi connectivity index (χ2n) is 11.1. The van der Waals surface area contributed by atoms with Gasteiger partial charge in [-0.1, -0.05) is 17.8 Å². The molecule has 2 aromatic heterocycles. The Labute approximate surface area is 245 Å². The van der Waals surface area contributed by atoms with Gasteiger partial charge in [0.1, 0.15) is 5.82 Å². The Kier molecular flexibility index (Phi) is 8.13. The number of pyridine rings is 1. The molecule has 3 N–H and O–H groups in total. The fourth-order valence-electron chi connectivity index (χ4n) is 5.51. The van der Waals surface area contributed by atoms with Gasteiger partial charge in [0, 0.05) is 72.8 Å². The Balaban J connectivity index is 1.25. The number of carbonyl (C=O) groups is 1. The van der Waals surface area contributed by atoms with Crippen LogP contribution < -0.4 is 15.5 Å². The Hall–Kier alpha value is -3.60. The maximum Gasteiger partial charge on any atom is 0.258 e. The number of carbonyl (C=O) groups excluding carboxylic acids is 1. The van der Waals surface area contributed by atoms with Gasteiger partial charge in [0.05, 0.1) is 10.9 Å². The number of aromatic nitrogens is 3. The summed E-state index contributed by atoms with van der Waals surface area (Å²) in [4.78, 5) is 25.1. The molecule has 0 radical (unpaired) electrons. The molecule has 2 aliphatic heterocycles. The van der Waals surface area contributed by atoms with Crippen molar-refractivity contribution in [3.05, 3.63) is 65.4 Å². The molecule has 0 unspecified atom stereocenters. The van der Waals surface area contributed by atoms with Gasteiger partial charge in [-0.15, -0.1) is 0 Å². The van der Waals surface area contributed by atoms with Crippen LogP contribution >= 0.6 is 11.8 Å². The molecule has 41 heavy (non-hydrogen) atoms. The lowest BCUT2D eigenvalue weighted by Crippen LogP contribution is -2.44. The number of H-pyrrole nitrogens is 1. The van der Waals surface area contributed by atoms with Crippen molar-refractivity contribution in [2.24, 2.45) is 0 Å². The number of anilines is 3. The molecule has 214 valence electrons. The number of benzene rings is 2. The lowest BCUT2D eigenvalue weighted by molar-refractivity contribution is 0.0904. The lowest BCUT2D eigenvalue weighted by Gasteiger charge is -2.34. The number of nitrogens with zero attached hydrogens (tertiary/aromatic N) is 4. The molecule has 0 saturated carbocycles. The van der Waals surface area contributed by atoms with Crippen molar-refractivity contribution in [3.8, 4) is 0 Å². The van der Waals surface area contributed by atoms with Crippen molar-refractivity contribution in [1.29, 1.82) is 0 Å². The quantitative estimate of drug-likeness (QED) is 0.274. The highest BCUT2D eigenvalue weighted by molar-refractivity contribution is 7.99. The molecule has 4 aromatic rings. The number of fused-ring (bicyclic) bond motifs is 1. The minimum Gasteiger partial charge on any atom is -0.381 e. The predicted molar refractivity (Wildman–Crippen MR) is 165 cm³/mol. The molecule has 2 aliphatic rings. The number of aromatic amines is 1. The second kappa shape index (κ2) is 12.1. The topological polar surface area (TPSA) is 98.4 Å². The van der Waals surface area contributed by atoms with Gasteiger partial charge in [0.15, 0.2) is 5.65 Å². The Bertz CT molecular complexity index is 1520. The summed E-state index contributed by atoms with van der Waals surface area (Å²) in [6.45, 7) is 9.64. The fourth-order valence-corrected chi connectivity index (χ4v) is 6.56. The minimum atomic E-state index is -0.192. The first-order valence-corrected chi connectivity index (χ1v) is 15.1. The van der Waals surface area contributed by atoms with Gasteiger partial charge >= 0.3 is 0 Å². The third-order valence-corrected chi connectivity index (χ3v) is 8.68. The number of hydrogen-bond donors (Lipinski definition) is 3. The highest BCUT2D eigenvalue weighted by Crippen LogP contribution is 2.33. The molecule has 2 aromatic carbocycles. The number of amides is 1. The van der Waals surface area contributed by atoms with Crippen LogP contribution in [-0.4, -0.2) is 78.5 Å². The molecule has 9 nitrogen and oxygen atoms in total. The molecule has 0 spiro atoms. The third-order valence-electron chi connectivity index (χ3n) is 7.75. The van der Waals surface area contributed by atoms with Gasteiger partial charge in [-0.05, 0) is 81.3 Å². The van der Waals surface area contributed by atoms with Crippen molar-refractivity contribution in [3.63, 3.8) is 0 Å². The second-order valence-corrected chi connectivity index (χ2v) is 12.2. The average Bonchev–Trinajstić information content (AvgIpc) is 3.35. The summed E-state index contributed by atoms with van der Waals surface area (Å²) >= 11 is 1.65. The monoisotopic (exact) mass is 571 g/mol. The number of piperazine rings is 1. The zero-order valence-electron chi connectivity index (χ0n) is 23.9. The van der Waals surface area contributed by atoms with Gasteiger partial charge in [0.2, 0.25) is 0 Å². The molecular weight excluding hydrogens is 534 g/mol. The first-order valence-electron chi connectivity index (χ1n) is 14.2. The van der Waals surface area contributed by atoms with E-state index in [0.717, 1.165) is 78.8 Å². The van der Waals surface area contributed by atoms with Crippen LogP contribution in [0.25, 0.3) is 11.0 Å². The van der Waals surface area contributed by atoms with E-state index in [2.05, 4.69) is 86.8 Å². The summed E-state index contributed by atoms with van der Waals surface area (Å²) in [5.74, 6) is 0.350. The van der Waals surface area contributed by atoms with Crippen LogP contribution in [0.4, 0.5) is 17.2 Å². The summed E-state index contributed by atoms with van der Waals surface area (Å²) in [5, 5.41) is 14.8. The number of rotatable bonds is 7. The van der Waals surface area contributed by atoms with Crippen molar-refractivity contribution in [2.75, 3.05) is 62.0 Å². The zero-order valence-corrected chi connectivity index (χ0v) is 24.7. The van der Waals surface area contributed by atoms with E-state index in [1.807, 2.05) is 18.3 Å².